The lowest BCUT2D eigenvalue weighted by molar-refractivity contribution is -0.612. The number of aliphatic imine (C=N–C) groups is 1. The number of nitrogens with zero attached hydrogens (tertiary/aromatic N) is 2. The summed E-state index contributed by atoms with van der Waals surface area (Å²) in [6.45, 7) is 3.64. The van der Waals surface area contributed by atoms with Gasteiger partial charge in [-0.15, -0.1) is 4.73 Å². The van der Waals surface area contributed by atoms with Gasteiger partial charge in [0.05, 0.1) is 30.6 Å². The van der Waals surface area contributed by atoms with Crippen molar-refractivity contribution in [1.29, 1.82) is 0 Å². The molecule has 2 unspecified atom stereocenters. The van der Waals surface area contributed by atoms with Crippen LogP contribution in [0.15, 0.2) is 34.6 Å². The summed E-state index contributed by atoms with van der Waals surface area (Å²) < 4.78 is 16.0. The number of rotatable bonds is 4. The van der Waals surface area contributed by atoms with Crippen LogP contribution in [-0.4, -0.2) is 38.0 Å². The maximum atomic E-state index is 12.6. The maximum Gasteiger partial charge on any atom is 0.383 e. The Bertz CT molecular complexity index is 798. The van der Waals surface area contributed by atoms with Crippen LogP contribution < -0.4 is 9.47 Å². The van der Waals surface area contributed by atoms with E-state index in [1.807, 2.05) is 0 Å². The minimum Gasteiger partial charge on any atom is -0.616 e. The van der Waals surface area contributed by atoms with Crippen molar-refractivity contribution in [3.8, 4) is 5.88 Å². The van der Waals surface area contributed by atoms with E-state index in [0.29, 0.717) is 21.7 Å². The van der Waals surface area contributed by atoms with Crippen LogP contribution in [0.3, 0.4) is 0 Å². The van der Waals surface area contributed by atoms with Crippen molar-refractivity contribution in [1.82, 2.24) is 0 Å². The maximum absolute atomic E-state index is 12.6. The first kappa shape index (κ1) is 16.9. The zero-order valence-corrected chi connectivity index (χ0v) is 14.1. The SMILES string of the molecule is CCOC(=O)C1C(C)=NC2=C(C(=O)OC2)C1c1ccc[n+]([O-])c1OC. The summed E-state index contributed by atoms with van der Waals surface area (Å²) in [5.41, 5.74) is 1.66. The second-order valence-corrected chi connectivity index (χ2v) is 5.70. The standard InChI is InChI=1S/C17H18N2O6/c1-4-24-16(20)12-9(2)18-11-8-25-17(21)14(11)13(12)10-6-5-7-19(22)15(10)23-3/h5-7,12-13H,4,8H2,1-3H3. The van der Waals surface area contributed by atoms with Gasteiger partial charge in [-0.1, -0.05) is 0 Å². The van der Waals surface area contributed by atoms with Gasteiger partial charge in [0, 0.05) is 17.7 Å². The van der Waals surface area contributed by atoms with E-state index >= 15 is 0 Å². The third-order valence-electron chi connectivity index (χ3n) is 4.29. The first-order valence-electron chi connectivity index (χ1n) is 7.87. The van der Waals surface area contributed by atoms with E-state index in [1.165, 1.54) is 19.4 Å². The van der Waals surface area contributed by atoms with Gasteiger partial charge in [-0.2, -0.15) is 0 Å². The number of hydrogen-bond donors (Lipinski definition) is 0. The molecule has 1 aromatic rings. The number of hydrogen-bond acceptors (Lipinski definition) is 7. The lowest BCUT2D eigenvalue weighted by Gasteiger charge is -2.29. The molecule has 0 amide bonds. The monoisotopic (exact) mass is 346 g/mol. The van der Waals surface area contributed by atoms with E-state index in [1.54, 1.807) is 19.9 Å². The molecule has 0 bridgehead atoms. The third kappa shape index (κ3) is 2.73. The van der Waals surface area contributed by atoms with Crippen LogP contribution in [-0.2, 0) is 19.1 Å². The number of carbonyl (C=O) groups excluding carboxylic acids is 2. The van der Waals surface area contributed by atoms with Crippen molar-refractivity contribution in [3.63, 3.8) is 0 Å². The first-order valence-corrected chi connectivity index (χ1v) is 7.87. The van der Waals surface area contributed by atoms with Crippen LogP contribution in [0.4, 0.5) is 0 Å². The minimum absolute atomic E-state index is 0.0167. The Labute approximate surface area is 144 Å². The molecule has 3 rings (SSSR count). The molecule has 0 aromatic carbocycles. The van der Waals surface area contributed by atoms with Gasteiger partial charge in [0.15, 0.2) is 6.20 Å². The lowest BCUT2D eigenvalue weighted by atomic mass is 9.76. The number of aromatic nitrogens is 1. The predicted octanol–water partition coefficient (Wildman–Crippen LogP) is 0.877. The van der Waals surface area contributed by atoms with Crippen LogP contribution in [0.25, 0.3) is 0 Å². The molecule has 0 aliphatic carbocycles. The summed E-state index contributed by atoms with van der Waals surface area (Å²) >= 11 is 0. The van der Waals surface area contributed by atoms with E-state index in [9.17, 15) is 14.8 Å². The second kappa shape index (κ2) is 6.54. The molecular formula is C17H18N2O6. The number of carbonyl (C=O) groups is 2. The number of methoxy groups -OCH3 is 1. The van der Waals surface area contributed by atoms with E-state index in [4.69, 9.17) is 14.2 Å². The van der Waals surface area contributed by atoms with Crippen LogP contribution in [0.2, 0.25) is 0 Å². The van der Waals surface area contributed by atoms with Crippen molar-refractivity contribution in [3.05, 3.63) is 40.4 Å². The molecule has 2 aliphatic heterocycles. The molecule has 8 heteroatoms. The normalized spacial score (nSPS) is 22.2. The lowest BCUT2D eigenvalue weighted by Crippen LogP contribution is -2.37. The summed E-state index contributed by atoms with van der Waals surface area (Å²) in [6, 6.07) is 3.19. The van der Waals surface area contributed by atoms with Crippen LogP contribution in [0.5, 0.6) is 5.88 Å². The highest BCUT2D eigenvalue weighted by Gasteiger charge is 2.47. The van der Waals surface area contributed by atoms with Gasteiger partial charge in [0.25, 0.3) is 0 Å². The molecule has 0 saturated heterocycles. The number of pyridine rings is 1. The average Bonchev–Trinajstić information content (AvgIpc) is 2.94. The van der Waals surface area contributed by atoms with E-state index < -0.39 is 23.8 Å². The Morgan fingerprint density at radius 3 is 2.96 bits per heavy atom. The fourth-order valence-electron chi connectivity index (χ4n) is 3.31. The zero-order chi connectivity index (χ0) is 18.1. The Kier molecular flexibility index (Phi) is 4.43. The van der Waals surface area contributed by atoms with Gasteiger partial charge < -0.3 is 19.4 Å². The largest absolute Gasteiger partial charge is 0.616 e. The number of ether oxygens (including phenoxy) is 3. The average molecular weight is 346 g/mol. The van der Waals surface area contributed by atoms with Crippen molar-refractivity contribution in [2.45, 2.75) is 19.8 Å². The van der Waals surface area contributed by atoms with E-state index in [-0.39, 0.29) is 24.7 Å². The Morgan fingerprint density at radius 1 is 1.52 bits per heavy atom. The highest BCUT2D eigenvalue weighted by atomic mass is 16.5. The van der Waals surface area contributed by atoms with Crippen molar-refractivity contribution in [2.75, 3.05) is 20.3 Å². The van der Waals surface area contributed by atoms with Crippen LogP contribution in [0, 0.1) is 11.1 Å². The second-order valence-electron chi connectivity index (χ2n) is 5.70. The molecule has 2 aliphatic rings. The summed E-state index contributed by atoms with van der Waals surface area (Å²) in [5, 5.41) is 12.1. The van der Waals surface area contributed by atoms with Crippen molar-refractivity contribution >= 4 is 17.7 Å². The fraction of sp³-hybridized carbons (Fsp3) is 0.412. The van der Waals surface area contributed by atoms with Crippen LogP contribution >= 0.6 is 0 Å². The highest BCUT2D eigenvalue weighted by molar-refractivity contribution is 6.07. The minimum atomic E-state index is -0.833. The molecule has 0 spiro atoms. The Morgan fingerprint density at radius 2 is 2.28 bits per heavy atom. The Balaban J connectivity index is 2.21. The Hall–Kier alpha value is -2.90. The molecular weight excluding hydrogens is 328 g/mol. The topological polar surface area (TPSA) is 101 Å². The molecule has 132 valence electrons. The van der Waals surface area contributed by atoms with Crippen molar-refractivity contribution in [2.24, 2.45) is 10.9 Å². The van der Waals surface area contributed by atoms with Gasteiger partial charge in [0.1, 0.15) is 12.5 Å². The summed E-state index contributed by atoms with van der Waals surface area (Å²) in [5.74, 6) is -2.63. The fourth-order valence-corrected chi connectivity index (χ4v) is 3.31. The van der Waals surface area contributed by atoms with Gasteiger partial charge in [0.2, 0.25) is 0 Å². The molecule has 1 aromatic heterocycles. The highest BCUT2D eigenvalue weighted by Crippen LogP contribution is 2.44. The van der Waals surface area contributed by atoms with Crippen molar-refractivity contribution < 1.29 is 28.5 Å². The molecule has 0 N–H and O–H groups in total. The smallest absolute Gasteiger partial charge is 0.383 e. The number of esters is 2. The van der Waals surface area contributed by atoms with E-state index in [2.05, 4.69) is 4.99 Å². The first-order chi connectivity index (χ1) is 12.0. The molecule has 0 radical (unpaired) electrons. The summed E-state index contributed by atoms with van der Waals surface area (Å²) in [7, 11) is 1.36. The third-order valence-corrected chi connectivity index (χ3v) is 4.29. The molecule has 0 fully saturated rings. The van der Waals surface area contributed by atoms with E-state index in [0.717, 1.165) is 0 Å². The van der Waals surface area contributed by atoms with Crippen LogP contribution in [0.1, 0.15) is 25.3 Å². The number of cyclic esters (lactones) is 1. The molecule has 25 heavy (non-hydrogen) atoms. The van der Waals surface area contributed by atoms with Gasteiger partial charge >= 0.3 is 17.8 Å². The summed E-state index contributed by atoms with van der Waals surface area (Å²) in [4.78, 5) is 29.2. The quantitative estimate of drug-likeness (QED) is 0.456. The molecule has 0 saturated carbocycles. The predicted molar refractivity (Wildman–Crippen MR) is 85.9 cm³/mol. The van der Waals surface area contributed by atoms with Gasteiger partial charge in [-0.3, -0.25) is 9.79 Å². The van der Waals surface area contributed by atoms with Gasteiger partial charge in [-0.25, -0.2) is 4.79 Å². The molecule has 2 atom stereocenters. The van der Waals surface area contributed by atoms with Gasteiger partial charge in [-0.05, 0) is 19.9 Å². The molecule has 3 heterocycles. The molecule has 8 nitrogen and oxygen atoms in total. The zero-order valence-electron chi connectivity index (χ0n) is 14.1. The summed E-state index contributed by atoms with van der Waals surface area (Å²) in [6.07, 6.45) is 1.29.